The summed E-state index contributed by atoms with van der Waals surface area (Å²) < 4.78 is 5.24. The molecule has 3 aromatic rings. The maximum absolute atomic E-state index is 13.2. The number of aliphatic hydroxyl groups is 1. The topological polar surface area (TPSA) is 79.7 Å². The molecule has 0 spiro atoms. The lowest BCUT2D eigenvalue weighted by Crippen LogP contribution is -2.30. The van der Waals surface area contributed by atoms with Gasteiger partial charge in [0.2, 0.25) is 0 Å². The number of hydrogen-bond acceptors (Lipinski definition) is 5. The highest BCUT2D eigenvalue weighted by atomic mass is 35.5. The molecule has 1 aromatic heterocycles. The highest BCUT2D eigenvalue weighted by Crippen LogP contribution is 2.43. The van der Waals surface area contributed by atoms with Crippen LogP contribution in [0.1, 0.15) is 28.3 Å². The summed E-state index contributed by atoms with van der Waals surface area (Å²) in [5.41, 5.74) is 3.38. The van der Waals surface area contributed by atoms with Gasteiger partial charge in [-0.3, -0.25) is 19.5 Å². The number of hydrogen-bond donors (Lipinski definition) is 1. The van der Waals surface area contributed by atoms with Crippen LogP contribution >= 0.6 is 11.6 Å². The van der Waals surface area contributed by atoms with Gasteiger partial charge in [-0.2, -0.15) is 0 Å². The highest BCUT2D eigenvalue weighted by Gasteiger charge is 2.47. The number of ether oxygens (including phenoxy) is 1. The fourth-order valence-corrected chi connectivity index (χ4v) is 4.17. The molecule has 4 rings (SSSR count). The number of rotatable bonds is 4. The Morgan fingerprint density at radius 1 is 1.12 bits per heavy atom. The maximum Gasteiger partial charge on any atom is 0.300 e. The number of pyridine rings is 1. The number of halogens is 1. The summed E-state index contributed by atoms with van der Waals surface area (Å²) in [4.78, 5) is 32.0. The lowest BCUT2D eigenvalue weighted by Gasteiger charge is -2.26. The molecule has 1 saturated heterocycles. The standard InChI is InChI=1S/C25H21ClN2O4/c1-14-6-9-19(15(2)11-14)28-22(17-5-4-10-27-13-17)21(24(30)25(28)31)23(29)16-7-8-18(26)20(12-16)32-3/h4-13,22,29H,1-3H3/b23-21+. The fourth-order valence-electron chi connectivity index (χ4n) is 3.97. The Hall–Kier alpha value is -3.64. The van der Waals surface area contributed by atoms with E-state index < -0.39 is 17.7 Å². The molecule has 1 unspecified atom stereocenters. The van der Waals surface area contributed by atoms with E-state index in [9.17, 15) is 14.7 Å². The average Bonchev–Trinajstić information content (AvgIpc) is 3.05. The first kappa shape index (κ1) is 21.6. The van der Waals surface area contributed by atoms with Crippen LogP contribution in [0.5, 0.6) is 5.75 Å². The summed E-state index contributed by atoms with van der Waals surface area (Å²) in [7, 11) is 1.46. The summed E-state index contributed by atoms with van der Waals surface area (Å²) in [6.07, 6.45) is 3.19. The fraction of sp³-hybridized carbons (Fsp3) is 0.160. The lowest BCUT2D eigenvalue weighted by atomic mass is 9.95. The molecule has 1 N–H and O–H groups in total. The molecule has 32 heavy (non-hydrogen) atoms. The second-order valence-corrected chi connectivity index (χ2v) is 8.00. The third-order valence-corrected chi connectivity index (χ3v) is 5.79. The quantitative estimate of drug-likeness (QED) is 0.345. The highest BCUT2D eigenvalue weighted by molar-refractivity contribution is 6.51. The molecule has 1 aliphatic heterocycles. The van der Waals surface area contributed by atoms with Crippen LogP contribution in [0, 0.1) is 13.8 Å². The van der Waals surface area contributed by atoms with Gasteiger partial charge in [-0.15, -0.1) is 0 Å². The third-order valence-electron chi connectivity index (χ3n) is 5.48. The van der Waals surface area contributed by atoms with E-state index in [0.717, 1.165) is 11.1 Å². The molecule has 0 bridgehead atoms. The SMILES string of the molecule is COc1cc(/C(O)=C2\C(=O)C(=O)N(c3ccc(C)cc3C)C2c2cccnc2)ccc1Cl. The van der Waals surface area contributed by atoms with E-state index in [-0.39, 0.29) is 11.3 Å². The summed E-state index contributed by atoms with van der Waals surface area (Å²) in [6.45, 7) is 3.84. The van der Waals surface area contributed by atoms with Gasteiger partial charge in [0, 0.05) is 23.6 Å². The number of aromatic nitrogens is 1. The monoisotopic (exact) mass is 448 g/mol. The molecule has 1 fully saturated rings. The van der Waals surface area contributed by atoms with E-state index in [4.69, 9.17) is 16.3 Å². The van der Waals surface area contributed by atoms with Gasteiger partial charge in [-0.1, -0.05) is 35.4 Å². The maximum atomic E-state index is 13.2. The molecule has 0 saturated carbocycles. The zero-order valence-electron chi connectivity index (χ0n) is 17.8. The molecule has 0 radical (unpaired) electrons. The van der Waals surface area contributed by atoms with E-state index in [2.05, 4.69) is 4.98 Å². The van der Waals surface area contributed by atoms with E-state index in [0.29, 0.717) is 27.6 Å². The largest absolute Gasteiger partial charge is 0.507 e. The molecule has 7 heteroatoms. The number of carbonyl (C=O) groups excluding carboxylic acids is 2. The minimum atomic E-state index is -0.841. The summed E-state index contributed by atoms with van der Waals surface area (Å²) in [6, 6.07) is 13.0. The molecule has 1 atom stereocenters. The van der Waals surface area contributed by atoms with Crippen LogP contribution in [-0.2, 0) is 9.59 Å². The zero-order valence-corrected chi connectivity index (χ0v) is 18.6. The van der Waals surface area contributed by atoms with E-state index >= 15 is 0 Å². The van der Waals surface area contributed by atoms with Crippen molar-refractivity contribution in [3.05, 3.63) is 93.8 Å². The van der Waals surface area contributed by atoms with Crippen LogP contribution < -0.4 is 9.64 Å². The molecule has 6 nitrogen and oxygen atoms in total. The van der Waals surface area contributed by atoms with E-state index in [1.165, 1.54) is 18.1 Å². The number of Topliss-reactive ketones (excluding diaryl/α,β-unsaturated/α-hetero) is 1. The summed E-state index contributed by atoms with van der Waals surface area (Å²) >= 11 is 6.11. The van der Waals surface area contributed by atoms with Crippen LogP contribution in [0.3, 0.4) is 0 Å². The van der Waals surface area contributed by atoms with Gasteiger partial charge >= 0.3 is 0 Å². The van der Waals surface area contributed by atoms with Crippen molar-refractivity contribution < 1.29 is 19.4 Å². The Balaban J connectivity index is 1.96. The number of nitrogens with zero attached hydrogens (tertiary/aromatic N) is 2. The number of amides is 1. The number of aliphatic hydroxyl groups excluding tert-OH is 1. The smallest absolute Gasteiger partial charge is 0.300 e. The number of benzene rings is 2. The second kappa shape index (κ2) is 8.48. The molecule has 1 aliphatic rings. The molecule has 162 valence electrons. The predicted molar refractivity (Wildman–Crippen MR) is 123 cm³/mol. The van der Waals surface area contributed by atoms with Gasteiger partial charge < -0.3 is 9.84 Å². The van der Waals surface area contributed by atoms with Gasteiger partial charge in [0.1, 0.15) is 11.5 Å². The van der Waals surface area contributed by atoms with Gasteiger partial charge in [0.05, 0.1) is 23.7 Å². The minimum Gasteiger partial charge on any atom is -0.507 e. The summed E-state index contributed by atoms with van der Waals surface area (Å²) in [5.74, 6) is -1.45. The van der Waals surface area contributed by atoms with Crippen molar-refractivity contribution in [1.29, 1.82) is 0 Å². The number of methoxy groups -OCH3 is 1. The number of carbonyl (C=O) groups is 2. The Labute approximate surface area is 190 Å². The molecular weight excluding hydrogens is 428 g/mol. The van der Waals surface area contributed by atoms with Gasteiger partial charge in [0.15, 0.2) is 0 Å². The Morgan fingerprint density at radius 3 is 2.56 bits per heavy atom. The van der Waals surface area contributed by atoms with Crippen LogP contribution in [-0.4, -0.2) is 28.9 Å². The molecule has 2 aromatic carbocycles. The Morgan fingerprint density at radius 2 is 1.91 bits per heavy atom. The van der Waals surface area contributed by atoms with Crippen molar-refractivity contribution in [3.8, 4) is 5.75 Å². The van der Waals surface area contributed by atoms with Crippen LogP contribution in [0.4, 0.5) is 5.69 Å². The lowest BCUT2D eigenvalue weighted by molar-refractivity contribution is -0.132. The first-order valence-electron chi connectivity index (χ1n) is 9.95. The molecule has 2 heterocycles. The van der Waals surface area contributed by atoms with Crippen molar-refractivity contribution in [2.75, 3.05) is 12.0 Å². The van der Waals surface area contributed by atoms with Crippen LogP contribution in [0.2, 0.25) is 5.02 Å². The minimum absolute atomic E-state index is 0.0210. The van der Waals surface area contributed by atoms with Gasteiger partial charge in [0.25, 0.3) is 11.7 Å². The number of anilines is 1. The molecular formula is C25H21ClN2O4. The van der Waals surface area contributed by atoms with Crippen molar-refractivity contribution in [2.45, 2.75) is 19.9 Å². The summed E-state index contributed by atoms with van der Waals surface area (Å²) in [5, 5.41) is 11.6. The van der Waals surface area contributed by atoms with E-state index in [1.54, 1.807) is 36.7 Å². The molecule has 1 amide bonds. The number of aryl methyl sites for hydroxylation is 2. The van der Waals surface area contributed by atoms with Crippen LogP contribution in [0.15, 0.2) is 66.5 Å². The number of ketones is 1. The normalized spacial score (nSPS) is 17.6. The van der Waals surface area contributed by atoms with Crippen molar-refractivity contribution in [3.63, 3.8) is 0 Å². The van der Waals surface area contributed by atoms with Crippen LogP contribution in [0.25, 0.3) is 5.76 Å². The zero-order chi connectivity index (χ0) is 23.0. The third kappa shape index (κ3) is 3.63. The molecule has 0 aliphatic carbocycles. The average molecular weight is 449 g/mol. The first-order valence-corrected chi connectivity index (χ1v) is 10.3. The van der Waals surface area contributed by atoms with Gasteiger partial charge in [-0.05, 0) is 55.3 Å². The Bertz CT molecular complexity index is 1250. The van der Waals surface area contributed by atoms with Gasteiger partial charge in [-0.25, -0.2) is 0 Å². The predicted octanol–water partition coefficient (Wildman–Crippen LogP) is 4.99. The van der Waals surface area contributed by atoms with E-state index in [1.807, 2.05) is 32.0 Å². The Kier molecular flexibility index (Phi) is 5.72. The van der Waals surface area contributed by atoms with Crippen molar-refractivity contribution in [2.24, 2.45) is 0 Å². The van der Waals surface area contributed by atoms with Crippen molar-refractivity contribution >= 4 is 34.7 Å². The van der Waals surface area contributed by atoms with Crippen molar-refractivity contribution in [1.82, 2.24) is 4.98 Å². The second-order valence-electron chi connectivity index (χ2n) is 7.59. The first-order chi connectivity index (χ1) is 15.3.